The zero-order valence-corrected chi connectivity index (χ0v) is 14.3. The van der Waals surface area contributed by atoms with E-state index in [9.17, 15) is 9.59 Å². The van der Waals surface area contributed by atoms with E-state index in [-0.39, 0.29) is 23.4 Å². The van der Waals surface area contributed by atoms with Gasteiger partial charge in [-0.15, -0.1) is 0 Å². The van der Waals surface area contributed by atoms with Crippen LogP contribution in [0.3, 0.4) is 0 Å². The minimum Gasteiger partial charge on any atom is -0.476 e. The smallest absolute Gasteiger partial charge is 0.357 e. The maximum atomic E-state index is 12.4. The maximum Gasteiger partial charge on any atom is 0.357 e. The summed E-state index contributed by atoms with van der Waals surface area (Å²) in [7, 11) is 0. The molecular weight excluding hydrogens is 322 g/mol. The minimum atomic E-state index is -1.18. The number of aromatic nitrogens is 1. The summed E-state index contributed by atoms with van der Waals surface area (Å²) in [6.45, 7) is 3.98. The molecule has 2 aromatic rings. The molecule has 0 fully saturated rings. The summed E-state index contributed by atoms with van der Waals surface area (Å²) >= 11 is 0. The molecule has 25 heavy (non-hydrogen) atoms. The fraction of sp³-hybridized carbons (Fsp3) is 0.389. The van der Waals surface area contributed by atoms with Crippen molar-refractivity contribution in [1.29, 1.82) is 0 Å². The first-order chi connectivity index (χ1) is 11.9. The van der Waals surface area contributed by atoms with Crippen molar-refractivity contribution in [3.05, 3.63) is 53.7 Å². The topological polar surface area (TPSA) is 118 Å². The van der Waals surface area contributed by atoms with E-state index in [0.717, 1.165) is 11.8 Å². The molecule has 134 valence electrons. The van der Waals surface area contributed by atoms with Gasteiger partial charge in [0.25, 0.3) is 0 Å². The second kappa shape index (κ2) is 8.43. The van der Waals surface area contributed by atoms with Gasteiger partial charge < -0.3 is 20.6 Å². The molecular formula is C18H23N3O4. The third-order valence-electron chi connectivity index (χ3n) is 3.70. The maximum absolute atomic E-state index is 12.4. The Morgan fingerprint density at radius 2 is 1.96 bits per heavy atom. The van der Waals surface area contributed by atoms with E-state index < -0.39 is 18.1 Å². The van der Waals surface area contributed by atoms with Crippen molar-refractivity contribution in [2.75, 3.05) is 0 Å². The number of nitrogens with two attached hydrogens (primary N) is 1. The molecule has 2 rings (SSSR count). The summed E-state index contributed by atoms with van der Waals surface area (Å²) in [5.74, 6) is -1.07. The molecule has 0 saturated heterocycles. The van der Waals surface area contributed by atoms with Crippen LogP contribution in [0.1, 0.15) is 48.3 Å². The zero-order chi connectivity index (χ0) is 18.4. The molecule has 1 aromatic carbocycles. The minimum absolute atomic E-state index is 0.145. The second-order valence-corrected chi connectivity index (χ2v) is 6.36. The molecule has 1 aromatic heterocycles. The summed E-state index contributed by atoms with van der Waals surface area (Å²) in [6.07, 6.45) is 2.03. The van der Waals surface area contributed by atoms with Crippen LogP contribution < -0.4 is 11.1 Å². The lowest BCUT2D eigenvalue weighted by molar-refractivity contribution is -0.123. The molecule has 7 heteroatoms. The number of oxazole rings is 1. The Balaban J connectivity index is 2.19. The second-order valence-electron chi connectivity index (χ2n) is 6.36. The Kier molecular flexibility index (Phi) is 6.30. The number of carboxylic acid groups (broad SMARTS) is 1. The summed E-state index contributed by atoms with van der Waals surface area (Å²) in [4.78, 5) is 27.3. The molecule has 7 nitrogen and oxygen atoms in total. The van der Waals surface area contributed by atoms with Crippen molar-refractivity contribution in [1.82, 2.24) is 10.3 Å². The van der Waals surface area contributed by atoms with Gasteiger partial charge in [-0.3, -0.25) is 4.79 Å². The van der Waals surface area contributed by atoms with E-state index in [0.29, 0.717) is 12.8 Å². The van der Waals surface area contributed by atoms with E-state index in [1.807, 2.05) is 44.2 Å². The monoisotopic (exact) mass is 345 g/mol. The Morgan fingerprint density at radius 3 is 2.52 bits per heavy atom. The highest BCUT2D eigenvalue weighted by molar-refractivity contribution is 5.85. The first kappa shape index (κ1) is 18.7. The number of rotatable bonds is 8. The Hall–Kier alpha value is -2.67. The fourth-order valence-corrected chi connectivity index (χ4v) is 2.49. The lowest BCUT2D eigenvalue weighted by Crippen LogP contribution is -2.43. The molecule has 2 atom stereocenters. The predicted molar refractivity (Wildman–Crippen MR) is 91.9 cm³/mol. The Bertz CT molecular complexity index is 712. The van der Waals surface area contributed by atoms with E-state index >= 15 is 0 Å². The first-order valence-electron chi connectivity index (χ1n) is 8.15. The van der Waals surface area contributed by atoms with Gasteiger partial charge in [0.05, 0.1) is 6.04 Å². The van der Waals surface area contributed by atoms with E-state index in [2.05, 4.69) is 10.3 Å². The standard InChI is InChI=1S/C18H23N3O4/c1-11(2)8-13(19)16(22)20-14(9-12-6-4-3-5-7-12)17-21-15(10-25-17)18(23)24/h3-7,10-11,13-14H,8-9,19H2,1-2H3,(H,20,22)(H,23,24)/t13-,14-/m0/s1. The SMILES string of the molecule is CC(C)C[C@H](N)C(=O)N[C@@H](Cc1ccccc1)c1nc(C(=O)O)co1. The van der Waals surface area contributed by atoms with Gasteiger partial charge in [-0.05, 0) is 17.9 Å². The van der Waals surface area contributed by atoms with E-state index in [4.69, 9.17) is 15.3 Å². The molecule has 1 heterocycles. The van der Waals surface area contributed by atoms with Gasteiger partial charge in [-0.1, -0.05) is 44.2 Å². The number of aromatic carboxylic acids is 1. The van der Waals surface area contributed by atoms with Crippen LogP contribution >= 0.6 is 0 Å². The van der Waals surface area contributed by atoms with Crippen LogP contribution in [0.5, 0.6) is 0 Å². The first-order valence-corrected chi connectivity index (χ1v) is 8.15. The highest BCUT2D eigenvalue weighted by atomic mass is 16.4. The lowest BCUT2D eigenvalue weighted by atomic mass is 10.0. The third-order valence-corrected chi connectivity index (χ3v) is 3.70. The van der Waals surface area contributed by atoms with Crippen LogP contribution in [-0.4, -0.2) is 28.0 Å². The highest BCUT2D eigenvalue weighted by Crippen LogP contribution is 2.19. The van der Waals surface area contributed by atoms with Crippen LogP contribution in [0, 0.1) is 5.92 Å². The number of carboxylic acids is 1. The molecule has 0 bridgehead atoms. The number of hydrogen-bond donors (Lipinski definition) is 3. The number of hydrogen-bond acceptors (Lipinski definition) is 5. The van der Waals surface area contributed by atoms with Gasteiger partial charge in [-0.2, -0.15) is 0 Å². The molecule has 0 saturated carbocycles. The average molecular weight is 345 g/mol. The average Bonchev–Trinajstić information content (AvgIpc) is 3.04. The Labute approximate surface area is 146 Å². The molecule has 4 N–H and O–H groups in total. The van der Waals surface area contributed by atoms with Crippen LogP contribution in [0.4, 0.5) is 0 Å². The molecule has 0 aliphatic rings. The van der Waals surface area contributed by atoms with Crippen LogP contribution in [-0.2, 0) is 11.2 Å². The predicted octanol–water partition coefficient (Wildman–Crippen LogP) is 2.15. The summed E-state index contributed by atoms with van der Waals surface area (Å²) in [5, 5.41) is 11.8. The normalized spacial score (nSPS) is 13.4. The van der Waals surface area contributed by atoms with Crippen LogP contribution in [0.2, 0.25) is 0 Å². The van der Waals surface area contributed by atoms with Crippen molar-refractivity contribution in [2.24, 2.45) is 11.7 Å². The zero-order valence-electron chi connectivity index (χ0n) is 14.3. The van der Waals surface area contributed by atoms with Gasteiger partial charge in [0.15, 0.2) is 5.69 Å². The lowest BCUT2D eigenvalue weighted by Gasteiger charge is -2.19. The summed E-state index contributed by atoms with van der Waals surface area (Å²) in [5.41, 5.74) is 6.69. The number of nitrogens with one attached hydrogen (secondary N) is 1. The van der Waals surface area contributed by atoms with Gasteiger partial charge in [0, 0.05) is 6.42 Å². The number of carbonyl (C=O) groups is 2. The van der Waals surface area contributed by atoms with Gasteiger partial charge in [0.2, 0.25) is 11.8 Å². The molecule has 1 amide bonds. The Morgan fingerprint density at radius 1 is 1.28 bits per heavy atom. The van der Waals surface area contributed by atoms with E-state index in [1.165, 1.54) is 0 Å². The number of carbonyl (C=O) groups excluding carboxylic acids is 1. The quantitative estimate of drug-likeness (QED) is 0.674. The number of amides is 1. The highest BCUT2D eigenvalue weighted by Gasteiger charge is 2.25. The van der Waals surface area contributed by atoms with Crippen LogP contribution in [0.25, 0.3) is 0 Å². The molecule has 0 radical (unpaired) electrons. The van der Waals surface area contributed by atoms with Crippen LogP contribution in [0.15, 0.2) is 41.0 Å². The van der Waals surface area contributed by atoms with Crippen molar-refractivity contribution >= 4 is 11.9 Å². The summed E-state index contributed by atoms with van der Waals surface area (Å²) in [6, 6.07) is 8.24. The van der Waals surface area contributed by atoms with Crippen molar-refractivity contribution in [3.8, 4) is 0 Å². The number of nitrogens with zero attached hydrogens (tertiary/aromatic N) is 1. The molecule has 0 unspecified atom stereocenters. The van der Waals surface area contributed by atoms with Gasteiger partial charge >= 0.3 is 5.97 Å². The largest absolute Gasteiger partial charge is 0.476 e. The van der Waals surface area contributed by atoms with E-state index in [1.54, 1.807) is 0 Å². The third kappa shape index (κ3) is 5.42. The fourth-order valence-electron chi connectivity index (χ4n) is 2.49. The molecule has 0 spiro atoms. The van der Waals surface area contributed by atoms with Crippen molar-refractivity contribution in [2.45, 2.75) is 38.8 Å². The van der Waals surface area contributed by atoms with Crippen molar-refractivity contribution < 1.29 is 19.1 Å². The van der Waals surface area contributed by atoms with Gasteiger partial charge in [-0.25, -0.2) is 9.78 Å². The molecule has 0 aliphatic carbocycles. The molecule has 0 aliphatic heterocycles. The summed E-state index contributed by atoms with van der Waals surface area (Å²) < 4.78 is 5.27. The van der Waals surface area contributed by atoms with Crippen molar-refractivity contribution in [3.63, 3.8) is 0 Å². The number of benzene rings is 1. The van der Waals surface area contributed by atoms with Gasteiger partial charge in [0.1, 0.15) is 12.3 Å².